The number of hydrogen-bond donors (Lipinski definition) is 1. The summed E-state index contributed by atoms with van der Waals surface area (Å²) < 4.78 is 5.15. The minimum atomic E-state index is -0.905. The van der Waals surface area contributed by atoms with Crippen LogP contribution in [0.4, 0.5) is 5.69 Å². The van der Waals surface area contributed by atoms with Crippen molar-refractivity contribution in [3.05, 3.63) is 63.0 Å². The van der Waals surface area contributed by atoms with Gasteiger partial charge in [-0.3, -0.25) is 4.79 Å². The van der Waals surface area contributed by atoms with Gasteiger partial charge >= 0.3 is 11.7 Å². The fraction of sp³-hybridized carbons (Fsp3) is 0.133. The lowest BCUT2D eigenvalue weighted by atomic mass is 10.2. The molecule has 0 fully saturated rings. The van der Waals surface area contributed by atoms with Crippen molar-refractivity contribution >= 4 is 40.8 Å². The molecule has 1 heterocycles. The third-order valence-electron chi connectivity index (χ3n) is 2.92. The standard InChI is InChI=1S/C15H12Cl2N2O4/c1-9-5-6-10(16)14(13(9)17)18-12(20)8-23-15(21)11-4-2-3-7-19(11)22/h2-7H,8H2,1H3,(H,18,20). The Kier molecular flexibility index (Phi) is 5.41. The van der Waals surface area contributed by atoms with Crippen molar-refractivity contribution in [2.24, 2.45) is 0 Å². The lowest BCUT2D eigenvalue weighted by molar-refractivity contribution is -0.608. The third kappa shape index (κ3) is 4.12. The number of nitrogens with zero attached hydrogens (tertiary/aromatic N) is 1. The molecule has 1 N–H and O–H groups in total. The first kappa shape index (κ1) is 17.1. The van der Waals surface area contributed by atoms with Gasteiger partial charge in [-0.2, -0.15) is 4.73 Å². The van der Waals surface area contributed by atoms with Gasteiger partial charge in [0, 0.05) is 12.1 Å². The smallest absolute Gasteiger partial charge is 0.405 e. The Labute approximate surface area is 142 Å². The second-order valence-corrected chi connectivity index (χ2v) is 5.37. The topological polar surface area (TPSA) is 82.3 Å². The van der Waals surface area contributed by atoms with E-state index < -0.39 is 18.5 Å². The number of halogens is 2. The molecule has 2 rings (SSSR count). The zero-order valence-electron chi connectivity index (χ0n) is 12.0. The summed E-state index contributed by atoms with van der Waals surface area (Å²) in [6, 6.07) is 7.58. The number of rotatable bonds is 4. The summed E-state index contributed by atoms with van der Waals surface area (Å²) in [6.07, 6.45) is 1.16. The molecule has 0 radical (unpaired) electrons. The van der Waals surface area contributed by atoms with Gasteiger partial charge in [0.15, 0.2) is 12.8 Å². The largest absolute Gasteiger partial charge is 0.618 e. The maximum Gasteiger partial charge on any atom is 0.405 e. The van der Waals surface area contributed by atoms with Crippen LogP contribution in [0.15, 0.2) is 36.5 Å². The quantitative estimate of drug-likeness (QED) is 0.519. The van der Waals surface area contributed by atoms with Gasteiger partial charge in [0.2, 0.25) is 0 Å². The van der Waals surface area contributed by atoms with Gasteiger partial charge in [0.25, 0.3) is 5.91 Å². The second-order valence-electron chi connectivity index (χ2n) is 4.59. The first-order valence-electron chi connectivity index (χ1n) is 6.50. The van der Waals surface area contributed by atoms with Crippen LogP contribution < -0.4 is 10.0 Å². The minimum Gasteiger partial charge on any atom is -0.618 e. The molecule has 120 valence electrons. The second kappa shape index (κ2) is 7.30. The van der Waals surface area contributed by atoms with Gasteiger partial charge in [0.1, 0.15) is 0 Å². The molecule has 2 aromatic rings. The van der Waals surface area contributed by atoms with E-state index >= 15 is 0 Å². The molecule has 6 nitrogen and oxygen atoms in total. The van der Waals surface area contributed by atoms with E-state index in [1.54, 1.807) is 19.1 Å². The molecular weight excluding hydrogens is 343 g/mol. The Morgan fingerprint density at radius 1 is 1.26 bits per heavy atom. The molecule has 1 aromatic carbocycles. The Morgan fingerprint density at radius 3 is 2.70 bits per heavy atom. The number of anilines is 1. The van der Waals surface area contributed by atoms with Crippen LogP contribution in [0.2, 0.25) is 10.0 Å². The molecule has 8 heteroatoms. The van der Waals surface area contributed by atoms with Crippen LogP contribution in [0.25, 0.3) is 0 Å². The number of hydrogen-bond acceptors (Lipinski definition) is 4. The molecule has 0 aliphatic carbocycles. The molecule has 0 unspecified atom stereocenters. The maximum atomic E-state index is 11.9. The predicted octanol–water partition coefficient (Wildman–Crippen LogP) is 2.73. The van der Waals surface area contributed by atoms with E-state index in [-0.39, 0.29) is 16.4 Å². The summed E-state index contributed by atoms with van der Waals surface area (Å²) in [5, 5.41) is 14.4. The number of carbonyl (C=O) groups excluding carboxylic acids is 2. The fourth-order valence-electron chi connectivity index (χ4n) is 1.74. The highest BCUT2D eigenvalue weighted by Gasteiger charge is 2.19. The Balaban J connectivity index is 2.00. The van der Waals surface area contributed by atoms with Gasteiger partial charge < -0.3 is 15.3 Å². The number of benzene rings is 1. The van der Waals surface area contributed by atoms with Gasteiger partial charge in [-0.15, -0.1) is 0 Å². The average Bonchev–Trinajstić information content (AvgIpc) is 2.53. The van der Waals surface area contributed by atoms with E-state index in [4.69, 9.17) is 27.9 Å². The van der Waals surface area contributed by atoms with Gasteiger partial charge in [-0.05, 0) is 24.6 Å². The highest BCUT2D eigenvalue weighted by atomic mass is 35.5. The van der Waals surface area contributed by atoms with Crippen molar-refractivity contribution in [1.82, 2.24) is 0 Å². The van der Waals surface area contributed by atoms with Crippen LogP contribution in [-0.4, -0.2) is 18.5 Å². The zero-order chi connectivity index (χ0) is 17.0. The molecule has 0 aliphatic rings. The number of amides is 1. The average molecular weight is 355 g/mol. The first-order chi connectivity index (χ1) is 10.9. The molecule has 0 spiro atoms. The molecule has 0 aliphatic heterocycles. The van der Waals surface area contributed by atoms with E-state index in [0.717, 1.165) is 11.8 Å². The van der Waals surface area contributed by atoms with Crippen LogP contribution in [-0.2, 0) is 9.53 Å². The third-order valence-corrected chi connectivity index (χ3v) is 3.72. The molecule has 1 aromatic heterocycles. The van der Waals surface area contributed by atoms with Crippen molar-refractivity contribution in [3.63, 3.8) is 0 Å². The number of nitrogens with one attached hydrogen (secondary N) is 1. The number of aromatic nitrogens is 1. The summed E-state index contributed by atoms with van der Waals surface area (Å²) >= 11 is 12.0. The lowest BCUT2D eigenvalue weighted by Crippen LogP contribution is -2.35. The number of aryl methyl sites for hydroxylation is 1. The molecule has 0 bridgehead atoms. The Morgan fingerprint density at radius 2 is 2.00 bits per heavy atom. The molecule has 0 saturated carbocycles. The van der Waals surface area contributed by atoms with Gasteiger partial charge in [0.05, 0.1) is 15.7 Å². The molecule has 1 amide bonds. The zero-order valence-corrected chi connectivity index (χ0v) is 13.5. The molecule has 0 saturated heterocycles. The van der Waals surface area contributed by atoms with Gasteiger partial charge in [-0.1, -0.05) is 29.3 Å². The van der Waals surface area contributed by atoms with Crippen LogP contribution in [0.5, 0.6) is 0 Å². The van der Waals surface area contributed by atoms with Crippen molar-refractivity contribution in [2.75, 3.05) is 11.9 Å². The van der Waals surface area contributed by atoms with Crippen LogP contribution in [0.3, 0.4) is 0 Å². The van der Waals surface area contributed by atoms with E-state index in [1.807, 2.05) is 0 Å². The van der Waals surface area contributed by atoms with Crippen molar-refractivity contribution in [3.8, 4) is 0 Å². The summed E-state index contributed by atoms with van der Waals surface area (Å²) in [6.45, 7) is 1.19. The minimum absolute atomic E-state index is 0.216. The molecule has 23 heavy (non-hydrogen) atoms. The molecular formula is C15H12Cl2N2O4. The van der Waals surface area contributed by atoms with E-state index in [2.05, 4.69) is 5.32 Å². The first-order valence-corrected chi connectivity index (χ1v) is 7.25. The highest BCUT2D eigenvalue weighted by molar-refractivity contribution is 6.40. The number of pyridine rings is 1. The van der Waals surface area contributed by atoms with E-state index in [9.17, 15) is 14.8 Å². The Bertz CT molecular complexity index is 765. The summed E-state index contributed by atoms with van der Waals surface area (Å²) in [7, 11) is 0. The van der Waals surface area contributed by atoms with E-state index in [1.165, 1.54) is 18.2 Å². The number of ether oxygens (including phenoxy) is 1. The monoisotopic (exact) mass is 354 g/mol. The van der Waals surface area contributed by atoms with Crippen molar-refractivity contribution in [1.29, 1.82) is 0 Å². The maximum absolute atomic E-state index is 11.9. The van der Waals surface area contributed by atoms with Crippen LogP contribution >= 0.6 is 23.2 Å². The van der Waals surface area contributed by atoms with E-state index in [0.29, 0.717) is 9.75 Å². The number of esters is 1. The lowest BCUT2D eigenvalue weighted by Gasteiger charge is -2.11. The van der Waals surface area contributed by atoms with Crippen molar-refractivity contribution < 1.29 is 19.1 Å². The van der Waals surface area contributed by atoms with Crippen molar-refractivity contribution in [2.45, 2.75) is 6.92 Å². The SMILES string of the molecule is Cc1ccc(Cl)c(NC(=O)COC(=O)c2cccc[n+]2[O-])c1Cl. The Hall–Kier alpha value is -2.31. The normalized spacial score (nSPS) is 10.2. The summed E-state index contributed by atoms with van der Waals surface area (Å²) in [4.78, 5) is 23.6. The fourth-order valence-corrected chi connectivity index (χ4v) is 2.20. The highest BCUT2D eigenvalue weighted by Crippen LogP contribution is 2.32. The predicted molar refractivity (Wildman–Crippen MR) is 85.5 cm³/mol. The summed E-state index contributed by atoms with van der Waals surface area (Å²) in [5.41, 5.74) is 0.764. The summed E-state index contributed by atoms with van der Waals surface area (Å²) in [5.74, 6) is -1.53. The molecule has 0 atom stereocenters. The van der Waals surface area contributed by atoms with Crippen LogP contribution in [0.1, 0.15) is 16.1 Å². The number of carbonyl (C=O) groups is 2. The van der Waals surface area contributed by atoms with Crippen LogP contribution in [0, 0.1) is 12.1 Å². The van der Waals surface area contributed by atoms with Gasteiger partial charge in [-0.25, -0.2) is 4.79 Å².